The number of benzene rings is 2. The van der Waals surface area contributed by atoms with Crippen LogP contribution in [-0.2, 0) is 4.79 Å². The van der Waals surface area contributed by atoms with Crippen LogP contribution in [-0.4, -0.2) is 78.3 Å². The molecule has 0 spiro atoms. The lowest BCUT2D eigenvalue weighted by Crippen LogP contribution is -2.49. The second-order valence-electron chi connectivity index (χ2n) is 8.03. The molecule has 0 aliphatic carbocycles. The van der Waals surface area contributed by atoms with Crippen LogP contribution < -0.4 is 10.2 Å². The third kappa shape index (κ3) is 4.31. The number of imide groups is 1. The first-order chi connectivity index (χ1) is 16.0. The molecule has 0 atom stereocenters. The Kier molecular flexibility index (Phi) is 5.77. The quantitative estimate of drug-likeness (QED) is 0.558. The number of rotatable bonds is 6. The molecule has 170 valence electrons. The molecule has 2 aromatic carbocycles. The third-order valence-corrected chi connectivity index (χ3v) is 6.99. The number of amides is 3. The van der Waals surface area contributed by atoms with Crippen LogP contribution in [0.5, 0.6) is 0 Å². The number of thiazole rings is 1. The Bertz CT molecular complexity index is 1200. The fourth-order valence-corrected chi connectivity index (χ4v) is 5.16. The van der Waals surface area contributed by atoms with Crippen molar-refractivity contribution >= 4 is 44.4 Å². The Morgan fingerprint density at radius 1 is 1.03 bits per heavy atom. The van der Waals surface area contributed by atoms with Gasteiger partial charge in [-0.05, 0) is 30.3 Å². The van der Waals surface area contributed by atoms with Crippen LogP contribution in [0.1, 0.15) is 20.7 Å². The van der Waals surface area contributed by atoms with Crippen molar-refractivity contribution in [1.29, 1.82) is 0 Å². The van der Waals surface area contributed by atoms with E-state index in [1.165, 1.54) is 23.5 Å². The number of halogens is 1. The van der Waals surface area contributed by atoms with Gasteiger partial charge in [-0.15, -0.1) is 0 Å². The standard InChI is InChI=1S/C23H22FN5O3S/c24-15-5-6-18-19(13-15)33-23(26-18)28-11-9-27(10-12-28)8-7-25-20(30)14-29-21(31)16-3-1-2-4-17(16)22(29)32/h1-6,13H,7-12,14H2,(H,25,30). The Balaban J connectivity index is 1.07. The monoisotopic (exact) mass is 467 g/mol. The van der Waals surface area contributed by atoms with Crippen molar-refractivity contribution in [3.8, 4) is 0 Å². The van der Waals surface area contributed by atoms with Crippen molar-refractivity contribution in [2.75, 3.05) is 50.7 Å². The molecule has 33 heavy (non-hydrogen) atoms. The minimum absolute atomic E-state index is 0.257. The summed E-state index contributed by atoms with van der Waals surface area (Å²) in [7, 11) is 0. The van der Waals surface area contributed by atoms with Gasteiger partial charge in [-0.1, -0.05) is 23.5 Å². The van der Waals surface area contributed by atoms with Crippen molar-refractivity contribution in [3.05, 3.63) is 59.4 Å². The summed E-state index contributed by atoms with van der Waals surface area (Å²) in [6, 6.07) is 11.2. The predicted molar refractivity (Wildman–Crippen MR) is 123 cm³/mol. The summed E-state index contributed by atoms with van der Waals surface area (Å²) in [6.07, 6.45) is 0. The zero-order chi connectivity index (χ0) is 22.9. The van der Waals surface area contributed by atoms with Crippen LogP contribution in [0.15, 0.2) is 42.5 Å². The number of aromatic nitrogens is 1. The number of anilines is 1. The number of carbonyl (C=O) groups is 3. The zero-order valence-corrected chi connectivity index (χ0v) is 18.6. The van der Waals surface area contributed by atoms with Gasteiger partial charge in [0.05, 0.1) is 21.3 Å². The van der Waals surface area contributed by atoms with Gasteiger partial charge < -0.3 is 10.2 Å². The highest BCUT2D eigenvalue weighted by Gasteiger charge is 2.36. The molecule has 1 fully saturated rings. The highest BCUT2D eigenvalue weighted by atomic mass is 32.1. The van der Waals surface area contributed by atoms with Crippen molar-refractivity contribution < 1.29 is 18.8 Å². The van der Waals surface area contributed by atoms with Gasteiger partial charge in [-0.2, -0.15) is 0 Å². The van der Waals surface area contributed by atoms with Crippen LogP contribution in [0.4, 0.5) is 9.52 Å². The number of piperazine rings is 1. The summed E-state index contributed by atoms with van der Waals surface area (Å²) in [5.41, 5.74) is 1.48. The van der Waals surface area contributed by atoms with Crippen molar-refractivity contribution in [1.82, 2.24) is 20.1 Å². The lowest BCUT2D eigenvalue weighted by Gasteiger charge is -2.34. The number of nitrogens with one attached hydrogen (secondary N) is 1. The van der Waals surface area contributed by atoms with Gasteiger partial charge >= 0.3 is 0 Å². The Morgan fingerprint density at radius 2 is 1.73 bits per heavy atom. The average Bonchev–Trinajstić information content (AvgIpc) is 3.34. The molecule has 1 aromatic heterocycles. The van der Waals surface area contributed by atoms with Crippen molar-refractivity contribution in [2.45, 2.75) is 0 Å². The van der Waals surface area contributed by atoms with Crippen LogP contribution in [0, 0.1) is 5.82 Å². The van der Waals surface area contributed by atoms with Gasteiger partial charge in [0.25, 0.3) is 11.8 Å². The van der Waals surface area contributed by atoms with Gasteiger partial charge in [0.15, 0.2) is 5.13 Å². The van der Waals surface area contributed by atoms with E-state index in [0.717, 1.165) is 46.4 Å². The summed E-state index contributed by atoms with van der Waals surface area (Å²) < 4.78 is 14.3. The number of carbonyl (C=O) groups excluding carboxylic acids is 3. The molecular formula is C23H22FN5O3S. The summed E-state index contributed by atoms with van der Waals surface area (Å²) in [5, 5.41) is 3.70. The lowest BCUT2D eigenvalue weighted by molar-refractivity contribution is -0.121. The Hall–Kier alpha value is -3.37. The van der Waals surface area contributed by atoms with E-state index in [0.29, 0.717) is 24.2 Å². The highest BCUT2D eigenvalue weighted by molar-refractivity contribution is 7.22. The van der Waals surface area contributed by atoms with Gasteiger partial charge in [0, 0.05) is 39.3 Å². The van der Waals surface area contributed by atoms with E-state index in [1.807, 2.05) is 0 Å². The molecule has 1 N–H and O–H groups in total. The zero-order valence-electron chi connectivity index (χ0n) is 17.8. The summed E-state index contributed by atoms with van der Waals surface area (Å²) in [6.45, 7) is 4.06. The number of fused-ring (bicyclic) bond motifs is 2. The SMILES string of the molecule is O=C(CN1C(=O)c2ccccc2C1=O)NCCN1CCN(c2nc3ccc(F)cc3s2)CC1. The molecule has 3 heterocycles. The van der Waals surface area contributed by atoms with E-state index in [4.69, 9.17) is 0 Å². The number of nitrogens with zero attached hydrogens (tertiary/aromatic N) is 4. The molecule has 0 bridgehead atoms. The normalized spacial score (nSPS) is 16.5. The van der Waals surface area contributed by atoms with E-state index >= 15 is 0 Å². The second-order valence-corrected chi connectivity index (χ2v) is 9.04. The molecule has 3 amide bonds. The van der Waals surface area contributed by atoms with Crippen LogP contribution in [0.25, 0.3) is 10.2 Å². The Labute approximate surface area is 193 Å². The molecule has 2 aliphatic heterocycles. The molecule has 0 unspecified atom stereocenters. The molecule has 0 saturated carbocycles. The lowest BCUT2D eigenvalue weighted by atomic mass is 10.1. The van der Waals surface area contributed by atoms with Gasteiger partial charge in [0.1, 0.15) is 12.4 Å². The molecule has 3 aromatic rings. The minimum atomic E-state index is -0.431. The van der Waals surface area contributed by atoms with Crippen LogP contribution in [0.3, 0.4) is 0 Å². The molecule has 8 nitrogen and oxygen atoms in total. The van der Waals surface area contributed by atoms with E-state index in [1.54, 1.807) is 30.3 Å². The molecule has 1 saturated heterocycles. The third-order valence-electron chi connectivity index (χ3n) is 5.91. The van der Waals surface area contributed by atoms with Gasteiger partial charge in [-0.3, -0.25) is 24.2 Å². The van der Waals surface area contributed by atoms with Crippen molar-refractivity contribution in [2.24, 2.45) is 0 Å². The summed E-state index contributed by atoms with van der Waals surface area (Å²) >= 11 is 1.49. The predicted octanol–water partition coefficient (Wildman–Crippen LogP) is 1.97. The van der Waals surface area contributed by atoms with Crippen molar-refractivity contribution in [3.63, 3.8) is 0 Å². The largest absolute Gasteiger partial charge is 0.353 e. The maximum absolute atomic E-state index is 13.4. The summed E-state index contributed by atoms with van der Waals surface area (Å²) in [4.78, 5) is 47.1. The fraction of sp³-hybridized carbons (Fsp3) is 0.304. The molecule has 10 heteroatoms. The highest BCUT2D eigenvalue weighted by Crippen LogP contribution is 2.29. The fourth-order valence-electron chi connectivity index (χ4n) is 4.12. The van der Waals surface area contributed by atoms with E-state index in [2.05, 4.69) is 20.1 Å². The first-order valence-electron chi connectivity index (χ1n) is 10.7. The Morgan fingerprint density at radius 3 is 2.42 bits per heavy atom. The topological polar surface area (TPSA) is 85.8 Å². The van der Waals surface area contributed by atoms with E-state index in [9.17, 15) is 18.8 Å². The second kappa shape index (κ2) is 8.87. The van der Waals surface area contributed by atoms with E-state index in [-0.39, 0.29) is 18.3 Å². The minimum Gasteiger partial charge on any atom is -0.353 e. The van der Waals surface area contributed by atoms with E-state index < -0.39 is 11.8 Å². The first kappa shape index (κ1) is 21.5. The number of hydrogen-bond acceptors (Lipinski definition) is 7. The average molecular weight is 468 g/mol. The molecule has 5 rings (SSSR count). The number of hydrogen-bond donors (Lipinski definition) is 1. The summed E-state index contributed by atoms with van der Waals surface area (Å²) in [5.74, 6) is -1.48. The maximum atomic E-state index is 13.4. The van der Waals surface area contributed by atoms with Crippen LogP contribution in [0.2, 0.25) is 0 Å². The smallest absolute Gasteiger partial charge is 0.262 e. The van der Waals surface area contributed by atoms with Gasteiger partial charge in [-0.25, -0.2) is 9.37 Å². The maximum Gasteiger partial charge on any atom is 0.262 e. The van der Waals surface area contributed by atoms with Gasteiger partial charge in [0.2, 0.25) is 5.91 Å². The molecular weight excluding hydrogens is 445 g/mol. The molecule has 0 radical (unpaired) electrons. The first-order valence-corrected chi connectivity index (χ1v) is 11.6. The van der Waals surface area contributed by atoms with Crippen LogP contribution >= 0.6 is 11.3 Å². The molecule has 2 aliphatic rings.